The normalized spacial score (nSPS) is 10.1. The molecule has 88 valence electrons. The van der Waals surface area contributed by atoms with Crippen molar-refractivity contribution in [1.82, 2.24) is 0 Å². The topological polar surface area (TPSA) is 109 Å². The molecule has 0 saturated heterocycles. The van der Waals surface area contributed by atoms with E-state index in [1.54, 1.807) is 0 Å². The molecule has 1 rings (SSSR count). The summed E-state index contributed by atoms with van der Waals surface area (Å²) < 4.78 is 0. The summed E-state index contributed by atoms with van der Waals surface area (Å²) in [4.78, 5) is 31.9. The summed E-state index contributed by atoms with van der Waals surface area (Å²) >= 11 is 0. The molecule has 1 N–H and O–H groups in total. The Bertz CT molecular complexity index is 492. The Hall–Kier alpha value is -2.63. The zero-order valence-corrected chi connectivity index (χ0v) is 8.51. The quantitative estimate of drug-likeness (QED) is 0.623. The first-order valence-corrected chi connectivity index (χ1v) is 4.51. The SMILES string of the molecule is O=C([O-])/C=C/C(=O)Nc1ccccc1C(=O)[O-]. The second-order valence-electron chi connectivity index (χ2n) is 2.97. The minimum Gasteiger partial charge on any atom is -0.545 e. The molecule has 1 aromatic carbocycles. The van der Waals surface area contributed by atoms with Crippen LogP contribution in [0.15, 0.2) is 36.4 Å². The van der Waals surface area contributed by atoms with E-state index in [9.17, 15) is 24.6 Å². The lowest BCUT2D eigenvalue weighted by atomic mass is 10.2. The summed E-state index contributed by atoms with van der Waals surface area (Å²) in [6.45, 7) is 0. The standard InChI is InChI=1S/C11H9NO5/c13-9(5-6-10(14)15)12-8-4-2-1-3-7(8)11(16)17/h1-6H,(H,12,13)(H,14,15)(H,16,17)/p-2/b6-5+. The lowest BCUT2D eigenvalue weighted by molar-refractivity contribution is -0.297. The third-order valence-electron chi connectivity index (χ3n) is 1.78. The number of carbonyl (C=O) groups excluding carboxylic acids is 3. The molecule has 0 aliphatic rings. The summed E-state index contributed by atoms with van der Waals surface area (Å²) in [7, 11) is 0. The van der Waals surface area contributed by atoms with Gasteiger partial charge in [-0.2, -0.15) is 0 Å². The third kappa shape index (κ3) is 3.78. The van der Waals surface area contributed by atoms with Gasteiger partial charge in [-0.15, -0.1) is 0 Å². The highest BCUT2D eigenvalue weighted by Crippen LogP contribution is 2.13. The number of hydrogen-bond acceptors (Lipinski definition) is 5. The number of aromatic carboxylic acids is 1. The fourth-order valence-electron chi connectivity index (χ4n) is 1.09. The summed E-state index contributed by atoms with van der Waals surface area (Å²) in [6.07, 6.45) is 1.26. The van der Waals surface area contributed by atoms with Gasteiger partial charge in [0.05, 0.1) is 17.6 Å². The van der Waals surface area contributed by atoms with Gasteiger partial charge in [-0.05, 0) is 12.1 Å². The number of amides is 1. The molecule has 1 amide bonds. The zero-order chi connectivity index (χ0) is 12.8. The van der Waals surface area contributed by atoms with Gasteiger partial charge < -0.3 is 25.1 Å². The lowest BCUT2D eigenvalue weighted by Gasteiger charge is -2.09. The number of carboxylic acids is 2. The first-order chi connectivity index (χ1) is 8.00. The molecule has 0 atom stereocenters. The Labute approximate surface area is 96.2 Å². The molecule has 6 heteroatoms. The summed E-state index contributed by atoms with van der Waals surface area (Å²) in [5.41, 5.74) is -0.164. The lowest BCUT2D eigenvalue weighted by Crippen LogP contribution is -2.24. The van der Waals surface area contributed by atoms with E-state index < -0.39 is 17.8 Å². The van der Waals surface area contributed by atoms with E-state index in [0.717, 1.165) is 6.08 Å². The van der Waals surface area contributed by atoms with Crippen LogP contribution >= 0.6 is 0 Å². The molecule has 17 heavy (non-hydrogen) atoms. The summed E-state index contributed by atoms with van der Waals surface area (Å²) in [5, 5.41) is 22.9. The van der Waals surface area contributed by atoms with E-state index in [-0.39, 0.29) is 11.3 Å². The number of rotatable bonds is 4. The molecule has 0 spiro atoms. The average molecular weight is 233 g/mol. The Balaban J connectivity index is 2.85. The first-order valence-electron chi connectivity index (χ1n) is 4.51. The molecule has 1 aromatic rings. The predicted octanol–water partition coefficient (Wildman–Crippen LogP) is -1.71. The van der Waals surface area contributed by atoms with Crippen LogP contribution in [0.1, 0.15) is 10.4 Å². The van der Waals surface area contributed by atoms with Crippen molar-refractivity contribution in [3.05, 3.63) is 42.0 Å². The largest absolute Gasteiger partial charge is 0.545 e. The Morgan fingerprint density at radius 3 is 2.29 bits per heavy atom. The van der Waals surface area contributed by atoms with Crippen LogP contribution in [0.3, 0.4) is 0 Å². The Morgan fingerprint density at radius 1 is 1.06 bits per heavy atom. The number of carbonyl (C=O) groups is 3. The molecule has 0 bridgehead atoms. The molecule has 6 nitrogen and oxygen atoms in total. The third-order valence-corrected chi connectivity index (χ3v) is 1.78. The van der Waals surface area contributed by atoms with E-state index in [1.807, 2.05) is 0 Å². The van der Waals surface area contributed by atoms with Crippen molar-refractivity contribution in [3.63, 3.8) is 0 Å². The smallest absolute Gasteiger partial charge is 0.248 e. The number of aliphatic carboxylic acids is 1. The second-order valence-corrected chi connectivity index (χ2v) is 2.97. The van der Waals surface area contributed by atoms with Gasteiger partial charge in [0.25, 0.3) is 0 Å². The van der Waals surface area contributed by atoms with Gasteiger partial charge >= 0.3 is 0 Å². The maximum Gasteiger partial charge on any atom is 0.248 e. The molecule has 0 aliphatic heterocycles. The number of para-hydroxylation sites is 1. The molecule has 0 fully saturated rings. The van der Waals surface area contributed by atoms with Gasteiger partial charge in [-0.3, -0.25) is 4.79 Å². The summed E-state index contributed by atoms with van der Waals surface area (Å²) in [5.74, 6) is -3.74. The van der Waals surface area contributed by atoms with Crippen LogP contribution < -0.4 is 15.5 Å². The molecule has 0 radical (unpaired) electrons. The van der Waals surface area contributed by atoms with E-state index in [4.69, 9.17) is 0 Å². The highest BCUT2D eigenvalue weighted by Gasteiger charge is 2.04. The molecule has 0 saturated carbocycles. The molecule has 0 aromatic heterocycles. The van der Waals surface area contributed by atoms with Crippen LogP contribution in [0, 0.1) is 0 Å². The molecule has 0 unspecified atom stereocenters. The number of anilines is 1. The van der Waals surface area contributed by atoms with Crippen molar-refractivity contribution in [1.29, 1.82) is 0 Å². The van der Waals surface area contributed by atoms with Crippen LogP contribution in [0.4, 0.5) is 5.69 Å². The minimum absolute atomic E-state index is 0.0282. The van der Waals surface area contributed by atoms with Gasteiger partial charge in [0.15, 0.2) is 0 Å². The van der Waals surface area contributed by atoms with E-state index >= 15 is 0 Å². The number of benzene rings is 1. The van der Waals surface area contributed by atoms with Gasteiger partial charge in [-0.25, -0.2) is 0 Å². The van der Waals surface area contributed by atoms with Gasteiger partial charge in [0, 0.05) is 11.6 Å². The Morgan fingerprint density at radius 2 is 1.71 bits per heavy atom. The van der Waals surface area contributed by atoms with E-state index in [0.29, 0.717) is 6.08 Å². The molecule has 0 heterocycles. The maximum absolute atomic E-state index is 11.2. The van der Waals surface area contributed by atoms with Crippen LogP contribution in [-0.2, 0) is 9.59 Å². The van der Waals surface area contributed by atoms with Crippen molar-refractivity contribution in [3.8, 4) is 0 Å². The van der Waals surface area contributed by atoms with Crippen LogP contribution in [-0.4, -0.2) is 17.8 Å². The summed E-state index contributed by atoms with van der Waals surface area (Å²) in [6, 6.07) is 5.60. The second kappa shape index (κ2) is 5.45. The van der Waals surface area contributed by atoms with Crippen molar-refractivity contribution >= 4 is 23.5 Å². The molecule has 0 aliphatic carbocycles. The number of carboxylic acid groups (broad SMARTS) is 2. The number of nitrogens with one attached hydrogen (secondary N) is 1. The van der Waals surface area contributed by atoms with Crippen LogP contribution in [0.5, 0.6) is 0 Å². The molecular weight excluding hydrogens is 226 g/mol. The van der Waals surface area contributed by atoms with Crippen LogP contribution in [0.2, 0.25) is 0 Å². The van der Waals surface area contributed by atoms with Gasteiger partial charge in [0.2, 0.25) is 5.91 Å². The predicted molar refractivity (Wildman–Crippen MR) is 53.5 cm³/mol. The van der Waals surface area contributed by atoms with Gasteiger partial charge in [0.1, 0.15) is 0 Å². The van der Waals surface area contributed by atoms with Crippen molar-refractivity contribution < 1.29 is 24.6 Å². The van der Waals surface area contributed by atoms with Crippen LogP contribution in [0.25, 0.3) is 0 Å². The highest BCUT2D eigenvalue weighted by atomic mass is 16.4. The monoisotopic (exact) mass is 233 g/mol. The zero-order valence-electron chi connectivity index (χ0n) is 8.51. The molecular formula is C11H7NO5-2. The maximum atomic E-state index is 11.2. The van der Waals surface area contributed by atoms with Crippen molar-refractivity contribution in [2.75, 3.05) is 5.32 Å². The highest BCUT2D eigenvalue weighted by molar-refractivity contribution is 6.05. The van der Waals surface area contributed by atoms with Gasteiger partial charge in [-0.1, -0.05) is 18.2 Å². The van der Waals surface area contributed by atoms with Crippen molar-refractivity contribution in [2.24, 2.45) is 0 Å². The van der Waals surface area contributed by atoms with E-state index in [2.05, 4.69) is 5.32 Å². The average Bonchev–Trinajstić information content (AvgIpc) is 2.27. The minimum atomic E-state index is -1.52. The fraction of sp³-hybridized carbons (Fsp3) is 0. The Kier molecular flexibility index (Phi) is 3.99. The van der Waals surface area contributed by atoms with Crippen molar-refractivity contribution in [2.45, 2.75) is 0 Å². The van der Waals surface area contributed by atoms with E-state index in [1.165, 1.54) is 24.3 Å². The first kappa shape index (κ1) is 12.4. The fourth-order valence-corrected chi connectivity index (χ4v) is 1.09. The number of hydrogen-bond donors (Lipinski definition) is 1.